The van der Waals surface area contributed by atoms with Crippen molar-refractivity contribution in [2.75, 3.05) is 11.9 Å². The van der Waals surface area contributed by atoms with E-state index in [0.717, 1.165) is 37.0 Å². The molecular weight excluding hydrogens is 479 g/mol. The van der Waals surface area contributed by atoms with E-state index in [1.54, 1.807) is 12.4 Å². The number of carbonyl (C=O) groups is 1. The minimum absolute atomic E-state index is 0.258. The number of nitrogens with one attached hydrogen (secondary N) is 1. The van der Waals surface area contributed by atoms with Crippen LogP contribution < -0.4 is 5.32 Å². The van der Waals surface area contributed by atoms with Crippen LogP contribution in [0.4, 0.5) is 5.82 Å². The summed E-state index contributed by atoms with van der Waals surface area (Å²) in [5.41, 5.74) is 1.72. The summed E-state index contributed by atoms with van der Waals surface area (Å²) in [4.78, 5) is 21.6. The van der Waals surface area contributed by atoms with Gasteiger partial charge < -0.3 is 10.4 Å². The van der Waals surface area contributed by atoms with Crippen molar-refractivity contribution in [1.29, 1.82) is 0 Å². The van der Waals surface area contributed by atoms with Gasteiger partial charge in [-0.3, -0.25) is 9.88 Å². The first-order valence-corrected chi connectivity index (χ1v) is 10.3. The lowest BCUT2D eigenvalue weighted by Crippen LogP contribution is -2.47. The van der Waals surface area contributed by atoms with Crippen LogP contribution in [-0.4, -0.2) is 42.6 Å². The van der Waals surface area contributed by atoms with Gasteiger partial charge in [-0.15, -0.1) is 0 Å². The second kappa shape index (κ2) is 9.48. The quantitative estimate of drug-likeness (QED) is 0.271. The number of halogens is 2. The summed E-state index contributed by atoms with van der Waals surface area (Å²) in [5.74, 6) is -0.312. The Bertz CT molecular complexity index is 816. The third kappa shape index (κ3) is 5.88. The number of carboxylic acids is 1. The van der Waals surface area contributed by atoms with Gasteiger partial charge in [0.05, 0.1) is 28.2 Å². The lowest BCUT2D eigenvalue weighted by molar-refractivity contribution is -0.131. The number of likely N-dealkylation sites (tertiary alicyclic amines) is 1. The molecule has 2 N–H and O–H groups in total. The van der Waals surface area contributed by atoms with Crippen molar-refractivity contribution in [2.24, 2.45) is 0 Å². The number of carboxylic acid groups (broad SMARTS) is 1. The minimum Gasteiger partial charge on any atom is -0.478 e. The Labute approximate surface area is 176 Å². The molecule has 1 aromatic heterocycles. The molecule has 2 aromatic rings. The Hall–Kier alpha value is -1.71. The maximum Gasteiger partial charge on any atom is 0.328 e. The van der Waals surface area contributed by atoms with Crippen LogP contribution in [0.3, 0.4) is 0 Å². The fourth-order valence-electron chi connectivity index (χ4n) is 3.05. The average Bonchev–Trinajstić information content (AvgIpc) is 2.64. The molecule has 1 aliphatic heterocycles. The van der Waals surface area contributed by atoms with Gasteiger partial charge in [0.15, 0.2) is 0 Å². The van der Waals surface area contributed by atoms with Crippen LogP contribution in [-0.2, 0) is 11.3 Å². The third-order valence-corrected chi connectivity index (χ3v) is 6.21. The van der Waals surface area contributed by atoms with Crippen LogP contribution in [0.25, 0.3) is 6.08 Å². The van der Waals surface area contributed by atoms with E-state index >= 15 is 0 Å². The molecule has 1 aromatic carbocycles. The number of hydrogen-bond acceptors (Lipinski definition) is 5. The summed E-state index contributed by atoms with van der Waals surface area (Å²) in [7, 11) is 0. The van der Waals surface area contributed by atoms with Gasteiger partial charge in [-0.25, -0.2) is 9.78 Å². The highest BCUT2D eigenvalue weighted by Gasteiger charge is 2.29. The number of aliphatic carboxylic acids is 1. The zero-order chi connectivity index (χ0) is 19.2. The molecule has 0 amide bonds. The zero-order valence-corrected chi connectivity index (χ0v) is 17.5. The molecule has 1 fully saturated rings. The van der Waals surface area contributed by atoms with Gasteiger partial charge in [0.1, 0.15) is 5.82 Å². The monoisotopic (exact) mass is 498 g/mol. The summed E-state index contributed by atoms with van der Waals surface area (Å²) in [6, 6.07) is 8.24. The van der Waals surface area contributed by atoms with Gasteiger partial charge in [0.2, 0.25) is 0 Å². The van der Waals surface area contributed by atoms with Gasteiger partial charge in [-0.05, 0) is 43.2 Å². The number of aromatic nitrogens is 2. The molecule has 6 nitrogen and oxygen atoms in total. The number of benzene rings is 1. The summed E-state index contributed by atoms with van der Waals surface area (Å²) in [5, 5.41) is 12.9. The van der Waals surface area contributed by atoms with Crippen LogP contribution in [0.15, 0.2) is 42.7 Å². The predicted molar refractivity (Wildman–Crippen MR) is 115 cm³/mol. The Morgan fingerprint density at radius 1 is 1.41 bits per heavy atom. The summed E-state index contributed by atoms with van der Waals surface area (Å²) < 4.78 is 0.309. The predicted octanol–water partition coefficient (Wildman–Crippen LogP) is 4.07. The van der Waals surface area contributed by atoms with Crippen LogP contribution in [0, 0.1) is 0 Å². The standard InChI is InChI=1S/C19H20ClIN4O2/c20-14-4-1-3-13(9-14)12-25-8-2-5-16(19(25)21)24-17-11-22-15(10-23-17)6-7-18(26)27/h1,3-4,6-7,9-11,16,19H,2,5,8,12H2,(H,23,24)(H,26,27)/t16-,19?/m1/s1. The van der Waals surface area contributed by atoms with Gasteiger partial charge in [0, 0.05) is 17.6 Å². The van der Waals surface area contributed by atoms with Crippen LogP contribution in [0.2, 0.25) is 5.02 Å². The van der Waals surface area contributed by atoms with Crippen molar-refractivity contribution in [3.05, 3.63) is 59.0 Å². The fraction of sp³-hybridized carbons (Fsp3) is 0.316. The number of rotatable bonds is 6. The van der Waals surface area contributed by atoms with E-state index in [1.807, 2.05) is 18.2 Å². The second-order valence-electron chi connectivity index (χ2n) is 6.36. The van der Waals surface area contributed by atoms with Crippen LogP contribution in [0.1, 0.15) is 24.1 Å². The third-order valence-electron chi connectivity index (χ3n) is 4.32. The normalized spacial score (nSPS) is 20.7. The maximum absolute atomic E-state index is 10.6. The van der Waals surface area contributed by atoms with Crippen molar-refractivity contribution in [1.82, 2.24) is 14.9 Å². The minimum atomic E-state index is -1.01. The largest absolute Gasteiger partial charge is 0.478 e. The molecule has 0 radical (unpaired) electrons. The van der Waals surface area contributed by atoms with Crippen molar-refractivity contribution in [3.8, 4) is 0 Å². The van der Waals surface area contributed by atoms with E-state index in [0.29, 0.717) is 15.6 Å². The summed E-state index contributed by atoms with van der Waals surface area (Å²) in [6.45, 7) is 1.90. The Morgan fingerprint density at radius 3 is 2.96 bits per heavy atom. The number of alkyl halides is 1. The van der Waals surface area contributed by atoms with Gasteiger partial charge >= 0.3 is 5.97 Å². The molecule has 8 heteroatoms. The number of hydrogen-bond donors (Lipinski definition) is 2. The van der Waals surface area contributed by atoms with E-state index in [-0.39, 0.29) is 6.04 Å². The molecule has 0 aliphatic carbocycles. The first kappa shape index (κ1) is 20.0. The number of anilines is 1. The second-order valence-corrected chi connectivity index (χ2v) is 8.08. The van der Waals surface area contributed by atoms with Crippen LogP contribution in [0.5, 0.6) is 0 Å². The lowest BCUT2D eigenvalue weighted by Gasteiger charge is -2.38. The van der Waals surface area contributed by atoms with Gasteiger partial charge in [0.25, 0.3) is 0 Å². The number of nitrogens with zero attached hydrogens (tertiary/aromatic N) is 3. The van der Waals surface area contributed by atoms with Gasteiger partial charge in [-0.2, -0.15) is 0 Å². The highest BCUT2D eigenvalue weighted by molar-refractivity contribution is 14.1. The van der Waals surface area contributed by atoms with Crippen molar-refractivity contribution >= 4 is 52.1 Å². The zero-order valence-electron chi connectivity index (χ0n) is 14.6. The molecule has 2 atom stereocenters. The molecule has 1 unspecified atom stereocenters. The highest BCUT2D eigenvalue weighted by Crippen LogP contribution is 2.27. The van der Waals surface area contributed by atoms with E-state index in [1.165, 1.54) is 11.6 Å². The van der Waals surface area contributed by atoms with E-state index in [2.05, 4.69) is 48.8 Å². The van der Waals surface area contributed by atoms with E-state index in [9.17, 15) is 4.79 Å². The molecule has 0 spiro atoms. The first-order valence-electron chi connectivity index (χ1n) is 8.63. The molecule has 27 heavy (non-hydrogen) atoms. The molecular formula is C19H20ClIN4O2. The fourth-order valence-corrected chi connectivity index (χ4v) is 4.28. The molecule has 2 heterocycles. The van der Waals surface area contributed by atoms with E-state index < -0.39 is 5.97 Å². The van der Waals surface area contributed by atoms with Crippen molar-refractivity contribution in [3.63, 3.8) is 0 Å². The molecule has 0 bridgehead atoms. The van der Waals surface area contributed by atoms with Crippen molar-refractivity contribution < 1.29 is 9.90 Å². The van der Waals surface area contributed by atoms with Crippen molar-refractivity contribution in [2.45, 2.75) is 29.5 Å². The molecule has 1 aliphatic rings. The van der Waals surface area contributed by atoms with Crippen LogP contribution >= 0.6 is 34.2 Å². The number of piperidine rings is 1. The molecule has 1 saturated heterocycles. The highest BCUT2D eigenvalue weighted by atomic mass is 127. The first-order chi connectivity index (χ1) is 13.0. The maximum atomic E-state index is 10.6. The Morgan fingerprint density at radius 2 is 2.26 bits per heavy atom. The molecule has 0 saturated carbocycles. The summed E-state index contributed by atoms with van der Waals surface area (Å²) in [6.07, 6.45) is 7.84. The van der Waals surface area contributed by atoms with E-state index in [4.69, 9.17) is 16.7 Å². The average molecular weight is 499 g/mol. The smallest absolute Gasteiger partial charge is 0.328 e. The Kier molecular flexibility index (Phi) is 7.03. The Balaban J connectivity index is 1.62. The summed E-state index contributed by atoms with van der Waals surface area (Å²) >= 11 is 8.58. The molecule has 3 rings (SSSR count). The lowest BCUT2D eigenvalue weighted by atomic mass is 10.0. The van der Waals surface area contributed by atoms with Gasteiger partial charge in [-0.1, -0.05) is 46.3 Å². The molecule has 142 valence electrons. The topological polar surface area (TPSA) is 78.3 Å². The SMILES string of the molecule is O=C(O)C=Cc1cnc(N[C@@H]2CCCN(Cc3cccc(Cl)c3)C2I)cn1.